The van der Waals surface area contributed by atoms with Gasteiger partial charge in [-0.25, -0.2) is 4.98 Å². The number of hydrogen-bond donors (Lipinski definition) is 3. The standard InChI is InChI=1S/C14H16N4O4S/c1-8-6-15-11(23-8)10-9(12(19)20)5-14(17-10,13(21)22)7-18-4-2-3-16-18/h2-4,6,9-10,17H,5,7H2,1H3,(H,19,20)(H,21,22)/t9-,10+,14+/m0/s1. The first-order valence-corrected chi connectivity index (χ1v) is 7.86. The van der Waals surface area contributed by atoms with Gasteiger partial charge in [0, 0.05) is 23.5 Å². The second kappa shape index (κ2) is 5.74. The maximum Gasteiger partial charge on any atom is 0.325 e. The van der Waals surface area contributed by atoms with Crippen molar-refractivity contribution in [1.82, 2.24) is 20.1 Å². The van der Waals surface area contributed by atoms with Gasteiger partial charge in [0.15, 0.2) is 0 Å². The number of aryl methyl sites for hydroxylation is 1. The number of carboxylic acid groups (broad SMARTS) is 2. The number of carbonyl (C=O) groups is 2. The van der Waals surface area contributed by atoms with E-state index in [1.54, 1.807) is 24.7 Å². The first-order chi connectivity index (χ1) is 10.9. The van der Waals surface area contributed by atoms with E-state index in [0.717, 1.165) is 4.88 Å². The molecule has 1 aliphatic rings. The highest BCUT2D eigenvalue weighted by molar-refractivity contribution is 7.11. The second-order valence-corrected chi connectivity index (χ2v) is 6.94. The molecule has 0 amide bonds. The van der Waals surface area contributed by atoms with E-state index >= 15 is 0 Å². The molecule has 2 aromatic rings. The zero-order chi connectivity index (χ0) is 16.6. The molecule has 122 valence electrons. The van der Waals surface area contributed by atoms with Gasteiger partial charge in [-0.3, -0.25) is 19.6 Å². The van der Waals surface area contributed by atoms with Crippen LogP contribution in [0.15, 0.2) is 24.7 Å². The Morgan fingerprint density at radius 2 is 2.30 bits per heavy atom. The van der Waals surface area contributed by atoms with Gasteiger partial charge in [0.05, 0.1) is 18.5 Å². The van der Waals surface area contributed by atoms with E-state index in [9.17, 15) is 19.8 Å². The van der Waals surface area contributed by atoms with Gasteiger partial charge in [-0.1, -0.05) is 0 Å². The highest BCUT2D eigenvalue weighted by atomic mass is 32.1. The van der Waals surface area contributed by atoms with Crippen molar-refractivity contribution >= 4 is 23.3 Å². The molecule has 0 radical (unpaired) electrons. The van der Waals surface area contributed by atoms with E-state index in [2.05, 4.69) is 15.4 Å². The van der Waals surface area contributed by atoms with Crippen molar-refractivity contribution in [3.8, 4) is 0 Å². The van der Waals surface area contributed by atoms with Crippen molar-refractivity contribution in [3.05, 3.63) is 34.5 Å². The van der Waals surface area contributed by atoms with Gasteiger partial charge in [-0.2, -0.15) is 5.10 Å². The van der Waals surface area contributed by atoms with E-state index in [4.69, 9.17) is 0 Å². The molecule has 0 bridgehead atoms. The molecule has 0 aliphatic carbocycles. The lowest BCUT2D eigenvalue weighted by atomic mass is 9.91. The van der Waals surface area contributed by atoms with Crippen LogP contribution in [0.25, 0.3) is 0 Å². The van der Waals surface area contributed by atoms with Gasteiger partial charge in [-0.15, -0.1) is 11.3 Å². The van der Waals surface area contributed by atoms with Crippen LogP contribution in [0.4, 0.5) is 0 Å². The van der Waals surface area contributed by atoms with Crippen LogP contribution < -0.4 is 5.32 Å². The molecule has 0 aromatic carbocycles. The normalized spacial score (nSPS) is 27.2. The molecule has 1 saturated heterocycles. The van der Waals surface area contributed by atoms with Crippen molar-refractivity contribution in [2.24, 2.45) is 5.92 Å². The summed E-state index contributed by atoms with van der Waals surface area (Å²) >= 11 is 1.37. The lowest BCUT2D eigenvalue weighted by molar-refractivity contribution is -0.145. The second-order valence-electron chi connectivity index (χ2n) is 5.67. The summed E-state index contributed by atoms with van der Waals surface area (Å²) < 4.78 is 1.50. The largest absolute Gasteiger partial charge is 0.481 e. The van der Waals surface area contributed by atoms with Gasteiger partial charge in [0.25, 0.3) is 0 Å². The lowest BCUT2D eigenvalue weighted by Crippen LogP contribution is -2.51. The molecule has 23 heavy (non-hydrogen) atoms. The Labute approximate surface area is 135 Å². The van der Waals surface area contributed by atoms with Crippen LogP contribution in [0.2, 0.25) is 0 Å². The third-order valence-corrected chi connectivity index (χ3v) is 5.02. The van der Waals surface area contributed by atoms with E-state index in [1.807, 2.05) is 6.92 Å². The summed E-state index contributed by atoms with van der Waals surface area (Å²) in [5.74, 6) is -2.97. The fourth-order valence-corrected chi connectivity index (χ4v) is 3.82. The summed E-state index contributed by atoms with van der Waals surface area (Å²) in [5.41, 5.74) is -1.39. The topological polar surface area (TPSA) is 117 Å². The molecular formula is C14H16N4O4S. The minimum Gasteiger partial charge on any atom is -0.481 e. The van der Waals surface area contributed by atoms with Crippen molar-refractivity contribution in [3.63, 3.8) is 0 Å². The SMILES string of the molecule is Cc1cnc([C@@H]2N[C@](Cn3cccn3)(C(=O)O)C[C@@H]2C(=O)O)s1. The molecule has 9 heteroatoms. The Balaban J connectivity index is 1.96. The van der Waals surface area contributed by atoms with Crippen LogP contribution in [-0.2, 0) is 16.1 Å². The van der Waals surface area contributed by atoms with Crippen molar-refractivity contribution in [2.45, 2.75) is 31.5 Å². The van der Waals surface area contributed by atoms with Crippen LogP contribution in [0.3, 0.4) is 0 Å². The van der Waals surface area contributed by atoms with Crippen LogP contribution in [0.5, 0.6) is 0 Å². The molecule has 3 rings (SSSR count). The van der Waals surface area contributed by atoms with Crippen molar-refractivity contribution in [1.29, 1.82) is 0 Å². The van der Waals surface area contributed by atoms with E-state index < -0.39 is 29.4 Å². The molecule has 3 N–H and O–H groups in total. The molecule has 0 spiro atoms. The molecule has 1 aliphatic heterocycles. The zero-order valence-electron chi connectivity index (χ0n) is 12.3. The maximum atomic E-state index is 11.9. The molecule has 8 nitrogen and oxygen atoms in total. The van der Waals surface area contributed by atoms with Gasteiger partial charge >= 0.3 is 11.9 Å². The van der Waals surface area contributed by atoms with E-state index in [-0.39, 0.29) is 13.0 Å². The summed E-state index contributed by atoms with van der Waals surface area (Å²) in [6.07, 6.45) is 4.85. The monoisotopic (exact) mass is 336 g/mol. The first-order valence-electron chi connectivity index (χ1n) is 7.05. The average Bonchev–Trinajstić information content (AvgIpc) is 3.19. The summed E-state index contributed by atoms with van der Waals surface area (Å²) in [6, 6.07) is 1.07. The van der Waals surface area contributed by atoms with Gasteiger partial charge in [0.1, 0.15) is 10.5 Å². The van der Waals surface area contributed by atoms with Gasteiger partial charge in [-0.05, 0) is 19.4 Å². The van der Waals surface area contributed by atoms with Gasteiger partial charge in [0.2, 0.25) is 0 Å². The van der Waals surface area contributed by atoms with Crippen molar-refractivity contribution < 1.29 is 19.8 Å². The minimum atomic E-state index is -1.39. The number of carboxylic acids is 2. The Bertz CT molecular complexity index is 729. The Morgan fingerprint density at radius 1 is 1.52 bits per heavy atom. The Morgan fingerprint density at radius 3 is 2.83 bits per heavy atom. The number of aliphatic carboxylic acids is 2. The lowest BCUT2D eigenvalue weighted by Gasteiger charge is -2.25. The molecule has 1 fully saturated rings. The minimum absolute atomic E-state index is 0.0270. The molecule has 3 atom stereocenters. The summed E-state index contributed by atoms with van der Waals surface area (Å²) in [5, 5.41) is 26.9. The number of hydrogen-bond acceptors (Lipinski definition) is 6. The van der Waals surface area contributed by atoms with E-state index in [0.29, 0.717) is 5.01 Å². The predicted molar refractivity (Wildman–Crippen MR) is 81.1 cm³/mol. The molecular weight excluding hydrogens is 320 g/mol. The summed E-state index contributed by atoms with van der Waals surface area (Å²) in [4.78, 5) is 28.7. The molecule has 3 heterocycles. The van der Waals surface area contributed by atoms with Gasteiger partial charge < -0.3 is 10.2 Å². The third-order valence-electron chi connectivity index (χ3n) is 4.03. The number of nitrogens with one attached hydrogen (secondary N) is 1. The smallest absolute Gasteiger partial charge is 0.325 e. The number of aromatic nitrogens is 3. The van der Waals surface area contributed by atoms with Crippen LogP contribution in [0.1, 0.15) is 22.3 Å². The number of nitrogens with zero attached hydrogens (tertiary/aromatic N) is 3. The zero-order valence-corrected chi connectivity index (χ0v) is 13.2. The quantitative estimate of drug-likeness (QED) is 0.742. The van der Waals surface area contributed by atoms with Crippen molar-refractivity contribution in [2.75, 3.05) is 0 Å². The Hall–Kier alpha value is -2.26. The van der Waals surface area contributed by atoms with Crippen LogP contribution in [-0.4, -0.2) is 42.5 Å². The van der Waals surface area contributed by atoms with Crippen LogP contribution >= 0.6 is 11.3 Å². The van der Waals surface area contributed by atoms with E-state index in [1.165, 1.54) is 16.0 Å². The highest BCUT2D eigenvalue weighted by Gasteiger charge is 2.54. The molecule has 0 unspecified atom stereocenters. The predicted octanol–water partition coefficient (Wildman–Crippen LogP) is 0.907. The fourth-order valence-electron chi connectivity index (χ4n) is 2.93. The fraction of sp³-hybridized carbons (Fsp3) is 0.429. The van der Waals surface area contributed by atoms with Crippen LogP contribution in [0, 0.1) is 12.8 Å². The maximum absolute atomic E-state index is 11.9. The molecule has 2 aromatic heterocycles. The first kappa shape index (κ1) is 15.6. The average molecular weight is 336 g/mol. The molecule has 0 saturated carbocycles. The summed E-state index contributed by atoms with van der Waals surface area (Å²) in [7, 11) is 0. The number of thiazole rings is 1. The third kappa shape index (κ3) is 2.84. The Kier molecular flexibility index (Phi) is 3.90. The highest BCUT2D eigenvalue weighted by Crippen LogP contribution is 2.40. The summed E-state index contributed by atoms with van der Waals surface area (Å²) in [6.45, 7) is 1.93. The number of rotatable bonds is 5.